The Hall–Kier alpha value is -2.30. The van der Waals surface area contributed by atoms with Crippen LogP contribution in [0.25, 0.3) is 11.1 Å². The van der Waals surface area contributed by atoms with Gasteiger partial charge in [0.25, 0.3) is 0 Å². The molecule has 0 radical (unpaired) electrons. The second-order valence-corrected chi connectivity index (χ2v) is 4.17. The molecule has 0 unspecified atom stereocenters. The molecule has 0 bridgehead atoms. The summed E-state index contributed by atoms with van der Waals surface area (Å²) in [4.78, 5) is 16.0. The maximum atomic E-state index is 11.8. The minimum atomic E-state index is -0.398. The number of nitrogens with zero attached hydrogens (tertiary/aromatic N) is 2. The number of benzene rings is 1. The van der Waals surface area contributed by atoms with Gasteiger partial charge in [0.1, 0.15) is 12.3 Å². The van der Waals surface area contributed by atoms with E-state index < -0.39 is 5.76 Å². The number of hydrogen-bond donors (Lipinski definition) is 0. The van der Waals surface area contributed by atoms with Gasteiger partial charge in [0, 0.05) is 0 Å². The molecule has 18 heavy (non-hydrogen) atoms. The molecule has 0 N–H and O–H groups in total. The van der Waals surface area contributed by atoms with Crippen molar-refractivity contribution in [1.29, 1.82) is 0 Å². The number of para-hydroxylation sites is 2. The van der Waals surface area contributed by atoms with Crippen molar-refractivity contribution in [2.75, 3.05) is 0 Å². The summed E-state index contributed by atoms with van der Waals surface area (Å²) in [6.45, 7) is 4.01. The molecule has 92 valence electrons. The molecule has 0 fully saturated rings. The van der Waals surface area contributed by atoms with Crippen molar-refractivity contribution >= 4 is 11.1 Å². The molecular formula is C13H12N2O3. The molecule has 0 atom stereocenters. The van der Waals surface area contributed by atoms with Crippen molar-refractivity contribution in [3.8, 4) is 0 Å². The average molecular weight is 244 g/mol. The van der Waals surface area contributed by atoms with Crippen molar-refractivity contribution in [3.05, 3.63) is 52.2 Å². The van der Waals surface area contributed by atoms with Crippen LogP contribution in [0.3, 0.4) is 0 Å². The molecule has 3 rings (SSSR count). The smallest absolute Gasteiger partial charge is 0.420 e. The number of hydrogen-bond acceptors (Lipinski definition) is 4. The Morgan fingerprint density at radius 2 is 2.00 bits per heavy atom. The highest BCUT2D eigenvalue weighted by Crippen LogP contribution is 2.14. The average Bonchev–Trinajstić information content (AvgIpc) is 2.82. The fraction of sp³-hybridized carbons (Fsp3) is 0.231. The highest BCUT2D eigenvalue weighted by Gasteiger charge is 2.12. The third kappa shape index (κ3) is 1.64. The molecule has 1 aromatic carbocycles. The largest absolute Gasteiger partial charge is 0.444 e. The summed E-state index contributed by atoms with van der Waals surface area (Å²) in [7, 11) is 0. The lowest BCUT2D eigenvalue weighted by Gasteiger charge is -1.97. The number of rotatable bonds is 2. The third-order valence-electron chi connectivity index (χ3n) is 2.94. The molecule has 0 amide bonds. The van der Waals surface area contributed by atoms with E-state index in [1.165, 1.54) is 4.57 Å². The van der Waals surface area contributed by atoms with Gasteiger partial charge in [-0.1, -0.05) is 12.1 Å². The van der Waals surface area contributed by atoms with Crippen LogP contribution in [0.1, 0.15) is 17.3 Å². The molecular weight excluding hydrogens is 232 g/mol. The Morgan fingerprint density at radius 1 is 1.22 bits per heavy atom. The van der Waals surface area contributed by atoms with Crippen LogP contribution in [0.4, 0.5) is 0 Å². The fourth-order valence-electron chi connectivity index (χ4n) is 1.91. The molecule has 0 saturated carbocycles. The van der Waals surface area contributed by atoms with Crippen LogP contribution in [0.5, 0.6) is 0 Å². The van der Waals surface area contributed by atoms with Gasteiger partial charge in [0.2, 0.25) is 5.89 Å². The van der Waals surface area contributed by atoms with E-state index in [-0.39, 0.29) is 6.54 Å². The summed E-state index contributed by atoms with van der Waals surface area (Å²) in [5.74, 6) is 0.884. The lowest BCUT2D eigenvalue weighted by Crippen LogP contribution is -2.15. The quantitative estimate of drug-likeness (QED) is 0.693. The highest BCUT2D eigenvalue weighted by molar-refractivity contribution is 5.72. The summed E-state index contributed by atoms with van der Waals surface area (Å²) in [6.07, 6.45) is 0. The van der Waals surface area contributed by atoms with E-state index in [1.807, 2.05) is 32.0 Å². The zero-order valence-corrected chi connectivity index (χ0v) is 10.1. The summed E-state index contributed by atoms with van der Waals surface area (Å²) in [6, 6.07) is 7.29. The maximum Gasteiger partial charge on any atom is 0.420 e. The van der Waals surface area contributed by atoms with Crippen molar-refractivity contribution < 1.29 is 8.83 Å². The van der Waals surface area contributed by atoms with E-state index in [4.69, 9.17) is 8.83 Å². The van der Waals surface area contributed by atoms with E-state index in [2.05, 4.69) is 4.98 Å². The summed E-state index contributed by atoms with van der Waals surface area (Å²) < 4.78 is 12.1. The fourth-order valence-corrected chi connectivity index (χ4v) is 1.91. The molecule has 0 aliphatic carbocycles. The molecule has 2 heterocycles. The third-order valence-corrected chi connectivity index (χ3v) is 2.94. The Bertz CT molecular complexity index is 744. The van der Waals surface area contributed by atoms with Gasteiger partial charge < -0.3 is 8.83 Å². The molecule has 0 saturated heterocycles. The van der Waals surface area contributed by atoms with Gasteiger partial charge in [-0.05, 0) is 26.0 Å². The van der Waals surface area contributed by atoms with Crippen molar-refractivity contribution in [2.45, 2.75) is 20.4 Å². The van der Waals surface area contributed by atoms with Gasteiger partial charge in [-0.2, -0.15) is 0 Å². The van der Waals surface area contributed by atoms with Crippen LogP contribution in [0, 0.1) is 13.8 Å². The van der Waals surface area contributed by atoms with E-state index in [0.29, 0.717) is 11.5 Å². The monoisotopic (exact) mass is 244 g/mol. The summed E-state index contributed by atoms with van der Waals surface area (Å²) >= 11 is 0. The van der Waals surface area contributed by atoms with Crippen molar-refractivity contribution in [1.82, 2.24) is 9.55 Å². The SMILES string of the molecule is Cc1nc(Cn2c(=O)oc3ccccc32)oc1C. The van der Waals surface area contributed by atoms with Crippen molar-refractivity contribution in [2.24, 2.45) is 0 Å². The minimum Gasteiger partial charge on any atom is -0.444 e. The van der Waals surface area contributed by atoms with Crippen LogP contribution in [0.15, 0.2) is 37.9 Å². The van der Waals surface area contributed by atoms with Crippen molar-refractivity contribution in [3.63, 3.8) is 0 Å². The first-order chi connectivity index (χ1) is 8.65. The van der Waals surface area contributed by atoms with Gasteiger partial charge in [-0.3, -0.25) is 4.57 Å². The van der Waals surface area contributed by atoms with E-state index >= 15 is 0 Å². The topological polar surface area (TPSA) is 61.2 Å². The molecule has 2 aromatic heterocycles. The zero-order valence-electron chi connectivity index (χ0n) is 10.1. The van der Waals surface area contributed by atoms with Gasteiger partial charge in [0.05, 0.1) is 11.2 Å². The van der Waals surface area contributed by atoms with E-state index in [1.54, 1.807) is 6.07 Å². The van der Waals surface area contributed by atoms with Crippen LogP contribution >= 0.6 is 0 Å². The van der Waals surface area contributed by atoms with Gasteiger partial charge >= 0.3 is 5.76 Å². The standard InChI is InChI=1S/C13H12N2O3/c1-8-9(2)17-12(14-8)7-15-10-5-3-4-6-11(10)18-13(15)16/h3-6H,7H2,1-2H3. The first-order valence-electron chi connectivity index (χ1n) is 5.66. The molecule has 5 heteroatoms. The number of aromatic nitrogens is 2. The Morgan fingerprint density at radius 3 is 2.72 bits per heavy atom. The Kier molecular flexibility index (Phi) is 2.33. The van der Waals surface area contributed by atoms with Gasteiger partial charge in [-0.15, -0.1) is 0 Å². The second kappa shape index (κ2) is 3.87. The van der Waals surface area contributed by atoms with Crippen LogP contribution in [-0.2, 0) is 6.54 Å². The maximum absolute atomic E-state index is 11.8. The van der Waals surface area contributed by atoms with E-state index in [9.17, 15) is 4.79 Å². The van der Waals surface area contributed by atoms with E-state index in [0.717, 1.165) is 17.0 Å². The predicted octanol–water partition coefficient (Wildman–Crippen LogP) is 2.25. The van der Waals surface area contributed by atoms with Crippen LogP contribution in [-0.4, -0.2) is 9.55 Å². The summed E-state index contributed by atoms with van der Waals surface area (Å²) in [5, 5.41) is 0. The minimum absolute atomic E-state index is 0.282. The number of aryl methyl sites for hydroxylation is 2. The molecule has 3 aromatic rings. The number of fused-ring (bicyclic) bond motifs is 1. The predicted molar refractivity (Wildman–Crippen MR) is 65.6 cm³/mol. The first kappa shape index (κ1) is 10.8. The van der Waals surface area contributed by atoms with Crippen LogP contribution in [0.2, 0.25) is 0 Å². The lowest BCUT2D eigenvalue weighted by atomic mass is 10.3. The van der Waals surface area contributed by atoms with Gasteiger partial charge in [-0.25, -0.2) is 9.78 Å². The Balaban J connectivity index is 2.09. The molecule has 5 nitrogen and oxygen atoms in total. The van der Waals surface area contributed by atoms with Crippen LogP contribution < -0.4 is 5.76 Å². The normalized spacial score (nSPS) is 11.2. The van der Waals surface area contributed by atoms with Gasteiger partial charge in [0.15, 0.2) is 5.58 Å². The molecule has 0 aliphatic rings. The number of oxazole rings is 2. The molecule has 0 spiro atoms. The lowest BCUT2D eigenvalue weighted by molar-refractivity contribution is 0.440. The Labute approximate surface area is 103 Å². The first-order valence-corrected chi connectivity index (χ1v) is 5.66. The highest BCUT2D eigenvalue weighted by atomic mass is 16.4. The second-order valence-electron chi connectivity index (χ2n) is 4.17. The summed E-state index contributed by atoms with van der Waals surface area (Å²) in [5.41, 5.74) is 2.16. The molecule has 0 aliphatic heterocycles. The zero-order chi connectivity index (χ0) is 12.7.